The van der Waals surface area contributed by atoms with Crippen molar-refractivity contribution < 1.29 is 0 Å². The molecule has 0 saturated carbocycles. The van der Waals surface area contributed by atoms with Crippen LogP contribution >= 0.6 is 0 Å². The van der Waals surface area contributed by atoms with Gasteiger partial charge in [0, 0.05) is 0 Å². The maximum absolute atomic E-state index is 3.85. The lowest BCUT2D eigenvalue weighted by molar-refractivity contribution is 0.472. The smallest absolute Gasteiger partial charge is 0.0573 e. The topological polar surface area (TPSA) is 12.0 Å². The highest BCUT2D eigenvalue weighted by Gasteiger charge is 2.14. The minimum atomic E-state index is 0.236. The van der Waals surface area contributed by atoms with Crippen LogP contribution in [0, 0.1) is 5.92 Å². The summed E-state index contributed by atoms with van der Waals surface area (Å²) in [6.07, 6.45) is 7.50. The molecule has 2 unspecified atom stereocenters. The van der Waals surface area contributed by atoms with Gasteiger partial charge in [-0.2, -0.15) is 0 Å². The summed E-state index contributed by atoms with van der Waals surface area (Å²) in [6.45, 7) is 13.6. The normalized spacial score (nSPS) is 15.6. The molecule has 0 heterocycles. The molecule has 2 atom stereocenters. The highest BCUT2D eigenvalue weighted by atomic mass is 14.9. The third-order valence-corrected chi connectivity index (χ3v) is 3.88. The molecule has 0 spiro atoms. The zero-order valence-electron chi connectivity index (χ0n) is 13.9. The summed E-state index contributed by atoms with van der Waals surface area (Å²) in [6, 6.07) is 10.9. The van der Waals surface area contributed by atoms with Gasteiger partial charge in [-0.1, -0.05) is 81.0 Å². The third-order valence-electron chi connectivity index (χ3n) is 3.88. The van der Waals surface area contributed by atoms with Gasteiger partial charge in [0.25, 0.3) is 0 Å². The molecule has 0 amide bonds. The highest BCUT2D eigenvalue weighted by molar-refractivity contribution is 5.37. The number of hydrogen-bond acceptors (Lipinski definition) is 1. The van der Waals surface area contributed by atoms with Gasteiger partial charge in [0.05, 0.1) is 6.04 Å². The first kappa shape index (κ1) is 17.5. The SMILES string of the molecule is C=C/C(C)=C\C(=C/C)C(NCC(C)CC)c1ccccc1. The van der Waals surface area contributed by atoms with Gasteiger partial charge in [0.1, 0.15) is 0 Å². The Morgan fingerprint density at radius 1 is 1.29 bits per heavy atom. The number of benzene rings is 1. The van der Waals surface area contributed by atoms with Crippen LogP contribution < -0.4 is 5.32 Å². The predicted octanol–water partition coefficient (Wildman–Crippen LogP) is 5.44. The Kier molecular flexibility index (Phi) is 7.78. The minimum Gasteiger partial charge on any atom is -0.306 e. The van der Waals surface area contributed by atoms with Crippen molar-refractivity contribution in [1.82, 2.24) is 5.32 Å². The van der Waals surface area contributed by atoms with E-state index < -0.39 is 0 Å². The van der Waals surface area contributed by atoms with Gasteiger partial charge in [-0.15, -0.1) is 0 Å². The van der Waals surface area contributed by atoms with E-state index in [1.807, 2.05) is 6.08 Å². The van der Waals surface area contributed by atoms with E-state index in [0.717, 1.165) is 6.54 Å². The van der Waals surface area contributed by atoms with Crippen LogP contribution in [-0.4, -0.2) is 6.54 Å². The zero-order valence-corrected chi connectivity index (χ0v) is 13.9. The first-order valence-electron chi connectivity index (χ1n) is 7.87. The summed E-state index contributed by atoms with van der Waals surface area (Å²) in [7, 11) is 0. The van der Waals surface area contributed by atoms with Gasteiger partial charge in [-0.3, -0.25) is 0 Å². The summed E-state index contributed by atoms with van der Waals surface area (Å²) in [5, 5.41) is 3.72. The fraction of sp³-hybridized carbons (Fsp3) is 0.400. The van der Waals surface area contributed by atoms with Crippen molar-refractivity contribution in [3.8, 4) is 0 Å². The Morgan fingerprint density at radius 2 is 1.95 bits per heavy atom. The van der Waals surface area contributed by atoms with Crippen molar-refractivity contribution in [2.24, 2.45) is 5.92 Å². The van der Waals surface area contributed by atoms with Gasteiger partial charge in [-0.05, 0) is 37.4 Å². The molecule has 1 rings (SSSR count). The summed E-state index contributed by atoms with van der Waals surface area (Å²) in [5.41, 5.74) is 3.79. The standard InChI is InChI=1S/C20H29N/c1-6-16(4)14-18(8-3)20(21-15-17(5)7-2)19-12-10-9-11-13-19/h6,8-14,17,20-21H,1,7,15H2,2-5H3/b16-14-,18-8+. The van der Waals surface area contributed by atoms with Crippen LogP contribution in [0.15, 0.2) is 66.3 Å². The largest absolute Gasteiger partial charge is 0.306 e. The second-order valence-corrected chi connectivity index (χ2v) is 5.65. The van der Waals surface area contributed by atoms with Crippen LogP contribution in [0.2, 0.25) is 0 Å². The Hall–Kier alpha value is -1.60. The fourth-order valence-corrected chi connectivity index (χ4v) is 2.19. The molecule has 0 fully saturated rings. The fourth-order valence-electron chi connectivity index (χ4n) is 2.19. The monoisotopic (exact) mass is 283 g/mol. The van der Waals surface area contributed by atoms with E-state index in [0.29, 0.717) is 5.92 Å². The molecule has 0 aliphatic carbocycles. The van der Waals surface area contributed by atoms with Gasteiger partial charge in [0.2, 0.25) is 0 Å². The lowest BCUT2D eigenvalue weighted by Gasteiger charge is -2.23. The second kappa shape index (κ2) is 9.36. The number of nitrogens with one attached hydrogen (secondary N) is 1. The molecule has 1 heteroatoms. The van der Waals surface area contributed by atoms with Crippen molar-refractivity contribution in [2.45, 2.75) is 40.2 Å². The average molecular weight is 283 g/mol. The second-order valence-electron chi connectivity index (χ2n) is 5.65. The van der Waals surface area contributed by atoms with Gasteiger partial charge < -0.3 is 5.32 Å². The maximum Gasteiger partial charge on any atom is 0.0573 e. The molecular formula is C20H29N. The van der Waals surface area contributed by atoms with Crippen molar-refractivity contribution >= 4 is 0 Å². The maximum atomic E-state index is 3.85. The van der Waals surface area contributed by atoms with E-state index in [-0.39, 0.29) is 6.04 Å². The molecule has 114 valence electrons. The van der Waals surface area contributed by atoms with Crippen LogP contribution in [0.5, 0.6) is 0 Å². The van der Waals surface area contributed by atoms with Crippen molar-refractivity contribution in [1.29, 1.82) is 0 Å². The number of hydrogen-bond donors (Lipinski definition) is 1. The summed E-state index contributed by atoms with van der Waals surface area (Å²) >= 11 is 0. The predicted molar refractivity (Wildman–Crippen MR) is 94.4 cm³/mol. The zero-order chi connectivity index (χ0) is 15.7. The van der Waals surface area contributed by atoms with Crippen LogP contribution in [0.3, 0.4) is 0 Å². The molecule has 0 aliphatic heterocycles. The molecule has 0 aliphatic rings. The first-order valence-corrected chi connectivity index (χ1v) is 7.87. The minimum absolute atomic E-state index is 0.236. The van der Waals surface area contributed by atoms with Crippen molar-refractivity contribution in [3.63, 3.8) is 0 Å². The third kappa shape index (κ3) is 5.73. The summed E-state index contributed by atoms with van der Waals surface area (Å²) in [5.74, 6) is 0.679. The molecule has 0 saturated heterocycles. The lowest BCUT2D eigenvalue weighted by atomic mass is 9.95. The number of rotatable bonds is 8. The molecular weight excluding hydrogens is 254 g/mol. The Bertz CT molecular complexity index is 482. The Balaban J connectivity index is 3.03. The van der Waals surface area contributed by atoms with Crippen molar-refractivity contribution in [3.05, 3.63) is 71.8 Å². The van der Waals surface area contributed by atoms with Crippen molar-refractivity contribution in [2.75, 3.05) is 6.54 Å². The molecule has 0 radical (unpaired) electrons. The van der Waals surface area contributed by atoms with Crippen LogP contribution in [0.1, 0.15) is 45.7 Å². The number of allylic oxidation sites excluding steroid dienone is 3. The summed E-state index contributed by atoms with van der Waals surface area (Å²) < 4.78 is 0. The quantitative estimate of drug-likeness (QED) is 0.626. The molecule has 1 aromatic rings. The highest BCUT2D eigenvalue weighted by Crippen LogP contribution is 2.24. The Morgan fingerprint density at radius 3 is 2.48 bits per heavy atom. The first-order chi connectivity index (χ1) is 10.1. The van der Waals surface area contributed by atoms with Crippen LogP contribution in [0.4, 0.5) is 0 Å². The van der Waals surface area contributed by atoms with E-state index in [2.05, 4.69) is 82.1 Å². The van der Waals surface area contributed by atoms with E-state index in [1.165, 1.54) is 23.1 Å². The van der Waals surface area contributed by atoms with Gasteiger partial charge in [0.15, 0.2) is 0 Å². The molecule has 1 aromatic carbocycles. The average Bonchev–Trinajstić information content (AvgIpc) is 2.54. The van der Waals surface area contributed by atoms with Gasteiger partial charge >= 0.3 is 0 Å². The van der Waals surface area contributed by atoms with E-state index in [4.69, 9.17) is 0 Å². The molecule has 1 nitrogen and oxygen atoms in total. The summed E-state index contributed by atoms with van der Waals surface area (Å²) in [4.78, 5) is 0. The molecule has 21 heavy (non-hydrogen) atoms. The van der Waals surface area contributed by atoms with E-state index in [9.17, 15) is 0 Å². The molecule has 0 bridgehead atoms. The lowest BCUT2D eigenvalue weighted by Crippen LogP contribution is -2.27. The Labute approximate surface area is 130 Å². The van der Waals surface area contributed by atoms with E-state index in [1.54, 1.807) is 0 Å². The molecule has 0 aromatic heterocycles. The van der Waals surface area contributed by atoms with Gasteiger partial charge in [-0.25, -0.2) is 0 Å². The molecule has 1 N–H and O–H groups in total. The van der Waals surface area contributed by atoms with Crippen LogP contribution in [0.25, 0.3) is 0 Å². The van der Waals surface area contributed by atoms with Crippen LogP contribution in [-0.2, 0) is 0 Å². The van der Waals surface area contributed by atoms with E-state index >= 15 is 0 Å².